The molecule has 0 aromatic rings. The molecule has 6 heteroatoms. The minimum atomic E-state index is -0.573. The zero-order valence-electron chi connectivity index (χ0n) is 11.5. The third-order valence-electron chi connectivity index (χ3n) is 3.00. The number of esters is 2. The molecule has 0 bridgehead atoms. The third kappa shape index (κ3) is 6.35. The Morgan fingerprint density at radius 3 is 2.68 bits per heavy atom. The van der Waals surface area contributed by atoms with Crippen molar-refractivity contribution in [2.24, 2.45) is 0 Å². The highest BCUT2D eigenvalue weighted by atomic mass is 16.5. The van der Waals surface area contributed by atoms with Crippen LogP contribution in [0.15, 0.2) is 12.2 Å². The first-order valence-electron chi connectivity index (χ1n) is 6.33. The highest BCUT2D eigenvalue weighted by Gasteiger charge is 2.18. The van der Waals surface area contributed by atoms with Gasteiger partial charge in [-0.3, -0.25) is 4.90 Å². The lowest BCUT2D eigenvalue weighted by Crippen LogP contribution is -2.41. The van der Waals surface area contributed by atoms with E-state index in [0.717, 1.165) is 38.1 Å². The van der Waals surface area contributed by atoms with E-state index in [9.17, 15) is 9.59 Å². The second kappa shape index (κ2) is 8.66. The number of likely N-dealkylation sites (tertiary alicyclic amines) is 1. The van der Waals surface area contributed by atoms with Crippen LogP contribution in [0.5, 0.6) is 0 Å². The first kappa shape index (κ1) is 15.7. The molecule has 1 heterocycles. The van der Waals surface area contributed by atoms with E-state index in [-0.39, 0.29) is 6.10 Å². The van der Waals surface area contributed by atoms with Gasteiger partial charge in [-0.15, -0.1) is 0 Å². The Hall–Kier alpha value is -1.40. The van der Waals surface area contributed by atoms with E-state index in [1.807, 2.05) is 0 Å². The van der Waals surface area contributed by atoms with Crippen LogP contribution in [0.4, 0.5) is 0 Å². The molecule has 19 heavy (non-hydrogen) atoms. The van der Waals surface area contributed by atoms with Gasteiger partial charge >= 0.3 is 11.9 Å². The van der Waals surface area contributed by atoms with Gasteiger partial charge in [-0.1, -0.05) is 0 Å². The quantitative estimate of drug-likeness (QED) is 0.514. The molecule has 0 aromatic heterocycles. The molecule has 0 aromatic carbocycles. The van der Waals surface area contributed by atoms with Crippen LogP contribution in [0.1, 0.15) is 12.8 Å². The van der Waals surface area contributed by atoms with E-state index in [4.69, 9.17) is 9.47 Å². The van der Waals surface area contributed by atoms with Crippen molar-refractivity contribution in [2.75, 3.05) is 40.5 Å². The van der Waals surface area contributed by atoms with Gasteiger partial charge in [-0.05, 0) is 19.4 Å². The van der Waals surface area contributed by atoms with E-state index >= 15 is 0 Å². The summed E-state index contributed by atoms with van der Waals surface area (Å²) in [5, 5.41) is 0. The molecule has 0 amide bonds. The number of hydrogen-bond acceptors (Lipinski definition) is 6. The van der Waals surface area contributed by atoms with E-state index in [2.05, 4.69) is 9.64 Å². The summed E-state index contributed by atoms with van der Waals surface area (Å²) in [7, 11) is 2.96. The average Bonchev–Trinajstić information content (AvgIpc) is 2.45. The summed E-state index contributed by atoms with van der Waals surface area (Å²) in [6.07, 6.45) is 4.55. The highest BCUT2D eigenvalue weighted by Crippen LogP contribution is 2.11. The van der Waals surface area contributed by atoms with Crippen LogP contribution in [0.2, 0.25) is 0 Å². The molecule has 1 aliphatic heterocycles. The van der Waals surface area contributed by atoms with Crippen LogP contribution in [-0.4, -0.2) is 63.4 Å². The number of nitrogens with zero attached hydrogens (tertiary/aromatic N) is 1. The topological polar surface area (TPSA) is 65.1 Å². The lowest BCUT2D eigenvalue weighted by molar-refractivity contribution is -0.139. The molecule has 0 saturated carbocycles. The Bertz CT molecular complexity index is 329. The van der Waals surface area contributed by atoms with E-state index in [1.54, 1.807) is 7.11 Å². The van der Waals surface area contributed by atoms with Gasteiger partial charge in [0.25, 0.3) is 0 Å². The third-order valence-corrected chi connectivity index (χ3v) is 3.00. The summed E-state index contributed by atoms with van der Waals surface area (Å²) in [5.74, 6) is -1.11. The van der Waals surface area contributed by atoms with Crippen LogP contribution >= 0.6 is 0 Å². The first-order valence-corrected chi connectivity index (χ1v) is 6.33. The number of carbonyl (C=O) groups is 2. The summed E-state index contributed by atoms with van der Waals surface area (Å²) >= 11 is 0. The molecule has 108 valence electrons. The Morgan fingerprint density at radius 1 is 1.26 bits per heavy atom. The largest absolute Gasteiger partial charge is 0.466 e. The van der Waals surface area contributed by atoms with Gasteiger partial charge < -0.3 is 14.2 Å². The maximum absolute atomic E-state index is 11.3. The summed E-state index contributed by atoms with van der Waals surface area (Å²) in [4.78, 5) is 24.2. The van der Waals surface area contributed by atoms with Gasteiger partial charge in [0.15, 0.2) is 0 Å². The van der Waals surface area contributed by atoms with Crippen LogP contribution in [0, 0.1) is 0 Å². The fourth-order valence-electron chi connectivity index (χ4n) is 1.94. The maximum Gasteiger partial charge on any atom is 0.331 e. The fourth-order valence-corrected chi connectivity index (χ4v) is 1.94. The van der Waals surface area contributed by atoms with Crippen molar-refractivity contribution in [3.63, 3.8) is 0 Å². The normalized spacial score (nSPS) is 20.4. The van der Waals surface area contributed by atoms with Gasteiger partial charge in [0.2, 0.25) is 0 Å². The number of piperidine rings is 1. The average molecular weight is 271 g/mol. The molecular formula is C13H21NO5. The van der Waals surface area contributed by atoms with E-state index < -0.39 is 11.9 Å². The lowest BCUT2D eigenvalue weighted by atomic mass is 10.1. The Morgan fingerprint density at radius 2 is 2.00 bits per heavy atom. The van der Waals surface area contributed by atoms with Crippen LogP contribution in [-0.2, 0) is 23.8 Å². The van der Waals surface area contributed by atoms with Gasteiger partial charge in [0.05, 0.1) is 13.2 Å². The molecule has 1 unspecified atom stereocenters. The summed E-state index contributed by atoms with van der Waals surface area (Å²) in [6.45, 7) is 2.85. The Kier molecular flexibility index (Phi) is 7.14. The smallest absolute Gasteiger partial charge is 0.331 e. The first-order chi connectivity index (χ1) is 9.15. The lowest BCUT2D eigenvalue weighted by Gasteiger charge is -2.31. The molecule has 0 radical (unpaired) electrons. The molecule has 0 N–H and O–H groups in total. The number of methoxy groups -OCH3 is 2. The number of hydrogen-bond donors (Lipinski definition) is 0. The molecule has 1 rings (SSSR count). The van der Waals surface area contributed by atoms with Crippen LogP contribution in [0.3, 0.4) is 0 Å². The van der Waals surface area contributed by atoms with Crippen LogP contribution < -0.4 is 0 Å². The van der Waals surface area contributed by atoms with Gasteiger partial charge in [0, 0.05) is 32.4 Å². The molecule has 1 aliphatic rings. The van der Waals surface area contributed by atoms with Crippen molar-refractivity contribution >= 4 is 11.9 Å². The summed E-state index contributed by atoms with van der Waals surface area (Å²) in [6, 6.07) is 0. The summed E-state index contributed by atoms with van der Waals surface area (Å²) < 4.78 is 14.7. The highest BCUT2D eigenvalue weighted by molar-refractivity contribution is 5.91. The second-order valence-corrected chi connectivity index (χ2v) is 4.32. The van der Waals surface area contributed by atoms with Gasteiger partial charge in [0.1, 0.15) is 6.61 Å². The molecule has 1 saturated heterocycles. The number of rotatable bonds is 6. The van der Waals surface area contributed by atoms with Crippen molar-refractivity contribution < 1.29 is 23.8 Å². The monoisotopic (exact) mass is 271 g/mol. The molecule has 1 fully saturated rings. The van der Waals surface area contributed by atoms with Crippen LogP contribution in [0.25, 0.3) is 0 Å². The maximum atomic E-state index is 11.3. The molecule has 0 spiro atoms. The zero-order chi connectivity index (χ0) is 14.1. The van der Waals surface area contributed by atoms with Gasteiger partial charge in [-0.2, -0.15) is 0 Å². The van der Waals surface area contributed by atoms with Crippen molar-refractivity contribution in [1.29, 1.82) is 0 Å². The van der Waals surface area contributed by atoms with E-state index in [1.165, 1.54) is 7.11 Å². The Balaban J connectivity index is 2.17. The number of carbonyl (C=O) groups excluding carboxylic acids is 2. The zero-order valence-corrected chi connectivity index (χ0v) is 11.5. The van der Waals surface area contributed by atoms with Crippen molar-refractivity contribution in [3.8, 4) is 0 Å². The SMILES string of the molecule is COC(=O)/C=C/C(=O)OCCN1CCCC(OC)C1. The number of ether oxygens (including phenoxy) is 3. The summed E-state index contributed by atoms with van der Waals surface area (Å²) in [5.41, 5.74) is 0. The molecule has 6 nitrogen and oxygen atoms in total. The van der Waals surface area contributed by atoms with E-state index in [0.29, 0.717) is 13.2 Å². The van der Waals surface area contributed by atoms with Crippen molar-refractivity contribution in [3.05, 3.63) is 12.2 Å². The van der Waals surface area contributed by atoms with Gasteiger partial charge in [-0.25, -0.2) is 9.59 Å². The standard InChI is InChI=1S/C13H21NO5/c1-17-11-4-3-7-14(10-11)8-9-19-13(16)6-5-12(15)18-2/h5-6,11H,3-4,7-10H2,1-2H3/b6-5+. The Labute approximate surface area is 113 Å². The second-order valence-electron chi connectivity index (χ2n) is 4.32. The van der Waals surface area contributed by atoms with Crippen molar-refractivity contribution in [2.45, 2.75) is 18.9 Å². The predicted octanol–water partition coefficient (Wildman–Crippen LogP) is 0.370. The fraction of sp³-hybridized carbons (Fsp3) is 0.692. The molecular weight excluding hydrogens is 250 g/mol. The predicted molar refractivity (Wildman–Crippen MR) is 68.6 cm³/mol. The van der Waals surface area contributed by atoms with Crippen molar-refractivity contribution in [1.82, 2.24) is 4.90 Å². The minimum absolute atomic E-state index is 0.267. The molecule has 0 aliphatic carbocycles. The minimum Gasteiger partial charge on any atom is -0.466 e. The molecule has 1 atom stereocenters.